The van der Waals surface area contributed by atoms with Gasteiger partial charge in [0.1, 0.15) is 6.10 Å². The summed E-state index contributed by atoms with van der Waals surface area (Å²) in [5.74, 6) is 5.92. The molecule has 0 aromatic carbocycles. The maximum absolute atomic E-state index is 13.1. The largest absolute Gasteiger partial charge is 0.458 e. The topological polar surface area (TPSA) is 49.8 Å². The molecule has 1 N–H and O–H groups in total. The molecule has 0 aromatic rings. The molecule has 1 saturated carbocycles. The van der Waals surface area contributed by atoms with E-state index in [-0.39, 0.29) is 24.0 Å². The summed E-state index contributed by atoms with van der Waals surface area (Å²) in [5.41, 5.74) is -1.64. The fourth-order valence-corrected chi connectivity index (χ4v) is 4.76. The molecule has 140 valence electrons. The van der Waals surface area contributed by atoms with Crippen LogP contribution in [0.3, 0.4) is 0 Å². The Bertz CT molecular complexity index is 533. The molecule has 4 rings (SSSR count). The molecule has 4 fully saturated rings. The van der Waals surface area contributed by atoms with E-state index in [9.17, 15) is 9.90 Å². The van der Waals surface area contributed by atoms with Gasteiger partial charge in [0.05, 0.1) is 0 Å². The van der Waals surface area contributed by atoms with Crippen molar-refractivity contribution in [1.82, 2.24) is 4.90 Å². The van der Waals surface area contributed by atoms with Gasteiger partial charge in [0, 0.05) is 17.9 Å². The number of aliphatic hydroxyl groups is 1. The van der Waals surface area contributed by atoms with Gasteiger partial charge in [-0.3, -0.25) is 4.90 Å². The standard InChI is InChI=1S/C21H33NO3/c1-15(2)9-12-21(24,18-7-5-4-6-8-18)20(23)25-19-16(3)22-13-10-17(19)11-14-22/h15-19,24H,4-8,10-11,13-14H2,1-3H3/t16-,19+,21+/m0/s1. The van der Waals surface area contributed by atoms with Crippen LogP contribution in [0.15, 0.2) is 0 Å². The van der Waals surface area contributed by atoms with Crippen LogP contribution in [0.5, 0.6) is 0 Å². The summed E-state index contributed by atoms with van der Waals surface area (Å²) in [6.45, 7) is 8.30. The van der Waals surface area contributed by atoms with Crippen LogP contribution in [0.1, 0.15) is 65.7 Å². The lowest BCUT2D eigenvalue weighted by Crippen LogP contribution is -2.59. The molecule has 3 heterocycles. The first-order valence-electron chi connectivity index (χ1n) is 10.1. The molecular weight excluding hydrogens is 314 g/mol. The van der Waals surface area contributed by atoms with Gasteiger partial charge in [-0.15, -0.1) is 0 Å². The zero-order chi connectivity index (χ0) is 18.0. The Morgan fingerprint density at radius 3 is 2.36 bits per heavy atom. The molecule has 0 radical (unpaired) electrons. The maximum atomic E-state index is 13.1. The Labute approximate surface area is 152 Å². The fraction of sp³-hybridized carbons (Fsp3) is 0.857. The van der Waals surface area contributed by atoms with Gasteiger partial charge in [-0.1, -0.05) is 45.0 Å². The summed E-state index contributed by atoms with van der Waals surface area (Å²) in [7, 11) is 0. The highest BCUT2D eigenvalue weighted by molar-refractivity contribution is 5.84. The van der Waals surface area contributed by atoms with Crippen molar-refractivity contribution in [3.63, 3.8) is 0 Å². The van der Waals surface area contributed by atoms with E-state index < -0.39 is 11.6 Å². The summed E-state index contributed by atoms with van der Waals surface area (Å²) in [6, 6.07) is 0.241. The Kier molecular flexibility index (Phi) is 5.75. The first-order valence-corrected chi connectivity index (χ1v) is 10.1. The number of fused-ring (bicyclic) bond motifs is 3. The summed E-state index contributed by atoms with van der Waals surface area (Å²) >= 11 is 0. The van der Waals surface area contributed by atoms with Crippen molar-refractivity contribution in [2.45, 2.75) is 83.5 Å². The highest BCUT2D eigenvalue weighted by atomic mass is 16.6. The fourth-order valence-electron chi connectivity index (χ4n) is 4.76. The van der Waals surface area contributed by atoms with Crippen molar-refractivity contribution >= 4 is 5.97 Å². The normalized spacial score (nSPS) is 34.9. The van der Waals surface area contributed by atoms with E-state index >= 15 is 0 Å². The van der Waals surface area contributed by atoms with Crippen molar-refractivity contribution in [1.29, 1.82) is 0 Å². The minimum absolute atomic E-state index is 0.101. The SMILES string of the molecule is CC(C)C#C[C@](O)(C(=O)O[C@H]1C2CCN(CC2)[C@H]1C)C1CCCCC1. The lowest BCUT2D eigenvalue weighted by molar-refractivity contribution is -0.185. The van der Waals surface area contributed by atoms with E-state index in [1.807, 2.05) is 13.8 Å². The van der Waals surface area contributed by atoms with E-state index in [0.29, 0.717) is 5.92 Å². The molecule has 25 heavy (non-hydrogen) atoms. The van der Waals surface area contributed by atoms with Crippen molar-refractivity contribution < 1.29 is 14.6 Å². The lowest BCUT2D eigenvalue weighted by atomic mass is 9.76. The Morgan fingerprint density at radius 2 is 1.80 bits per heavy atom. The molecular formula is C21H33NO3. The zero-order valence-electron chi connectivity index (χ0n) is 16.0. The first-order chi connectivity index (χ1) is 11.9. The number of esters is 1. The van der Waals surface area contributed by atoms with Crippen LogP contribution in [0, 0.1) is 29.6 Å². The molecule has 0 spiro atoms. The number of rotatable bonds is 3. The van der Waals surface area contributed by atoms with Crippen LogP contribution in [0.25, 0.3) is 0 Å². The average Bonchev–Trinajstić information content (AvgIpc) is 2.63. The van der Waals surface area contributed by atoms with Gasteiger partial charge in [0.25, 0.3) is 0 Å². The smallest absolute Gasteiger partial charge is 0.351 e. The number of piperidine rings is 3. The van der Waals surface area contributed by atoms with Gasteiger partial charge in [-0.05, 0) is 51.6 Å². The monoisotopic (exact) mass is 347 g/mol. The van der Waals surface area contributed by atoms with Gasteiger partial charge >= 0.3 is 5.97 Å². The molecule has 2 bridgehead atoms. The van der Waals surface area contributed by atoms with E-state index in [1.54, 1.807) is 0 Å². The van der Waals surface area contributed by atoms with E-state index in [4.69, 9.17) is 4.74 Å². The predicted octanol–water partition coefficient (Wildman–Crippen LogP) is 2.98. The number of carbonyl (C=O) groups excluding carboxylic acids is 1. The number of ether oxygens (including phenoxy) is 1. The third-order valence-corrected chi connectivity index (χ3v) is 6.39. The maximum Gasteiger partial charge on any atom is 0.351 e. The molecule has 0 aromatic heterocycles. The molecule has 0 amide bonds. The zero-order valence-corrected chi connectivity index (χ0v) is 16.0. The van der Waals surface area contributed by atoms with Crippen LogP contribution in [-0.4, -0.2) is 46.8 Å². The summed E-state index contributed by atoms with van der Waals surface area (Å²) < 4.78 is 5.96. The van der Waals surface area contributed by atoms with Crippen LogP contribution in [-0.2, 0) is 9.53 Å². The van der Waals surface area contributed by atoms with Crippen molar-refractivity contribution in [2.75, 3.05) is 13.1 Å². The highest BCUT2D eigenvalue weighted by Gasteiger charge is 2.49. The molecule has 4 nitrogen and oxygen atoms in total. The first kappa shape index (κ1) is 18.7. The quantitative estimate of drug-likeness (QED) is 0.630. The summed E-state index contributed by atoms with van der Waals surface area (Å²) in [5, 5.41) is 11.3. The van der Waals surface area contributed by atoms with Crippen molar-refractivity contribution in [3.8, 4) is 11.8 Å². The molecule has 3 atom stereocenters. The van der Waals surface area contributed by atoms with Crippen LogP contribution in [0.4, 0.5) is 0 Å². The van der Waals surface area contributed by atoms with Gasteiger partial charge in [0.15, 0.2) is 0 Å². The minimum Gasteiger partial charge on any atom is -0.458 e. The van der Waals surface area contributed by atoms with E-state index in [1.165, 1.54) is 6.42 Å². The van der Waals surface area contributed by atoms with Gasteiger partial charge in [0.2, 0.25) is 5.60 Å². The number of hydrogen-bond donors (Lipinski definition) is 1. The number of carbonyl (C=O) groups is 1. The second kappa shape index (κ2) is 7.68. The summed E-state index contributed by atoms with van der Waals surface area (Å²) in [6.07, 6.45) is 7.06. The second-order valence-corrected chi connectivity index (χ2v) is 8.51. The van der Waals surface area contributed by atoms with E-state index in [2.05, 4.69) is 23.7 Å². The molecule has 0 unspecified atom stereocenters. The van der Waals surface area contributed by atoms with Crippen LogP contribution in [0.2, 0.25) is 0 Å². The van der Waals surface area contributed by atoms with Gasteiger partial charge in [-0.25, -0.2) is 4.79 Å². The molecule has 4 heteroatoms. The van der Waals surface area contributed by atoms with Gasteiger partial charge in [-0.2, -0.15) is 0 Å². The Balaban J connectivity index is 1.78. The highest BCUT2D eigenvalue weighted by Crippen LogP contribution is 2.37. The van der Waals surface area contributed by atoms with Crippen LogP contribution >= 0.6 is 0 Å². The molecule has 3 aliphatic heterocycles. The van der Waals surface area contributed by atoms with Crippen LogP contribution < -0.4 is 0 Å². The molecule has 4 aliphatic rings. The van der Waals surface area contributed by atoms with Crippen molar-refractivity contribution in [3.05, 3.63) is 0 Å². The number of hydrogen-bond acceptors (Lipinski definition) is 4. The van der Waals surface area contributed by atoms with E-state index in [0.717, 1.165) is 51.6 Å². The predicted molar refractivity (Wildman–Crippen MR) is 97.8 cm³/mol. The molecule has 3 saturated heterocycles. The van der Waals surface area contributed by atoms with Gasteiger partial charge < -0.3 is 9.84 Å². The third-order valence-electron chi connectivity index (χ3n) is 6.39. The Hall–Kier alpha value is -1.05. The van der Waals surface area contributed by atoms with Crippen molar-refractivity contribution in [2.24, 2.45) is 17.8 Å². The molecule has 1 aliphatic carbocycles. The minimum atomic E-state index is -1.64. The Morgan fingerprint density at radius 1 is 1.16 bits per heavy atom. The number of nitrogens with zero attached hydrogens (tertiary/aromatic N) is 1. The second-order valence-electron chi connectivity index (χ2n) is 8.51. The summed E-state index contributed by atoms with van der Waals surface area (Å²) in [4.78, 5) is 15.5. The third kappa shape index (κ3) is 3.88. The lowest BCUT2D eigenvalue weighted by Gasteiger charge is -2.49. The average molecular weight is 347 g/mol.